The molecule has 16 heavy (non-hydrogen) atoms. The van der Waals surface area contributed by atoms with Gasteiger partial charge in [0.25, 0.3) is 0 Å². The van der Waals surface area contributed by atoms with E-state index in [2.05, 4.69) is 20.7 Å². The Morgan fingerprint density at radius 3 is 2.56 bits per heavy atom. The predicted octanol–water partition coefficient (Wildman–Crippen LogP) is 1.44. The molecule has 0 aliphatic heterocycles. The number of sulfone groups is 1. The van der Waals surface area contributed by atoms with E-state index >= 15 is 0 Å². The normalized spacial score (nSPS) is 11.4. The van der Waals surface area contributed by atoms with Gasteiger partial charge in [-0.05, 0) is 28.1 Å². The van der Waals surface area contributed by atoms with Crippen molar-refractivity contribution < 1.29 is 17.9 Å². The van der Waals surface area contributed by atoms with Crippen LogP contribution in [0.4, 0.5) is 0 Å². The molecule has 0 amide bonds. The fraction of sp³-hybridized carbons (Fsp3) is 0.300. The standard InChI is InChI=1S/C10H11BrO4S/c1-15-6-8(12)7-16(13,14)10-5-3-2-4-9(10)11/h2-5H,6-7H2,1H3. The third-order valence-electron chi connectivity index (χ3n) is 1.83. The monoisotopic (exact) mass is 306 g/mol. The first-order chi connectivity index (χ1) is 7.47. The molecule has 0 heterocycles. The summed E-state index contributed by atoms with van der Waals surface area (Å²) in [5.74, 6) is -0.998. The van der Waals surface area contributed by atoms with Gasteiger partial charge in [0.1, 0.15) is 12.4 Å². The Hall–Kier alpha value is -0.720. The highest BCUT2D eigenvalue weighted by atomic mass is 79.9. The molecule has 1 aromatic rings. The molecule has 0 aromatic heterocycles. The molecule has 0 atom stereocenters. The topological polar surface area (TPSA) is 60.4 Å². The van der Waals surface area contributed by atoms with Crippen LogP contribution >= 0.6 is 15.9 Å². The highest BCUT2D eigenvalue weighted by Gasteiger charge is 2.21. The maximum atomic E-state index is 11.8. The SMILES string of the molecule is COCC(=O)CS(=O)(=O)c1ccccc1Br. The highest BCUT2D eigenvalue weighted by Crippen LogP contribution is 2.22. The lowest BCUT2D eigenvalue weighted by Gasteiger charge is -2.05. The summed E-state index contributed by atoms with van der Waals surface area (Å²) < 4.78 is 28.7. The van der Waals surface area contributed by atoms with E-state index in [0.29, 0.717) is 4.47 Å². The van der Waals surface area contributed by atoms with Gasteiger partial charge in [0, 0.05) is 11.6 Å². The van der Waals surface area contributed by atoms with Crippen LogP contribution in [0.5, 0.6) is 0 Å². The van der Waals surface area contributed by atoms with Gasteiger partial charge in [-0.15, -0.1) is 0 Å². The van der Waals surface area contributed by atoms with Gasteiger partial charge in [0.15, 0.2) is 15.6 Å². The molecular formula is C10H11BrO4S. The van der Waals surface area contributed by atoms with Crippen molar-refractivity contribution in [1.29, 1.82) is 0 Å². The van der Waals surface area contributed by atoms with Crippen LogP contribution in [0.1, 0.15) is 0 Å². The average Bonchev–Trinajstić information content (AvgIpc) is 2.17. The Balaban J connectivity index is 2.95. The van der Waals surface area contributed by atoms with Crippen LogP contribution in [0, 0.1) is 0 Å². The number of carbonyl (C=O) groups is 1. The molecule has 0 radical (unpaired) electrons. The third kappa shape index (κ3) is 3.40. The van der Waals surface area contributed by atoms with Crippen molar-refractivity contribution in [1.82, 2.24) is 0 Å². The second-order valence-electron chi connectivity index (χ2n) is 3.16. The van der Waals surface area contributed by atoms with Gasteiger partial charge in [-0.3, -0.25) is 4.79 Å². The second-order valence-corrected chi connectivity index (χ2v) is 5.97. The Morgan fingerprint density at radius 1 is 1.38 bits per heavy atom. The first-order valence-electron chi connectivity index (χ1n) is 4.45. The maximum Gasteiger partial charge on any atom is 0.186 e. The van der Waals surface area contributed by atoms with E-state index < -0.39 is 21.4 Å². The van der Waals surface area contributed by atoms with E-state index in [0.717, 1.165) is 0 Å². The maximum absolute atomic E-state index is 11.8. The number of methoxy groups -OCH3 is 1. The van der Waals surface area contributed by atoms with Crippen LogP contribution < -0.4 is 0 Å². The third-order valence-corrected chi connectivity index (χ3v) is 4.51. The molecule has 0 aliphatic rings. The molecule has 1 rings (SSSR count). The van der Waals surface area contributed by atoms with Crippen LogP contribution in [-0.2, 0) is 19.4 Å². The van der Waals surface area contributed by atoms with E-state index in [1.54, 1.807) is 18.2 Å². The molecule has 0 bridgehead atoms. The minimum atomic E-state index is -3.59. The molecular weight excluding hydrogens is 296 g/mol. The van der Waals surface area contributed by atoms with Crippen molar-refractivity contribution in [2.45, 2.75) is 4.90 Å². The van der Waals surface area contributed by atoms with E-state index in [9.17, 15) is 13.2 Å². The molecule has 0 saturated carbocycles. The van der Waals surface area contributed by atoms with Crippen LogP contribution in [0.3, 0.4) is 0 Å². The van der Waals surface area contributed by atoms with Gasteiger partial charge in [0.2, 0.25) is 0 Å². The van der Waals surface area contributed by atoms with E-state index in [1.807, 2.05) is 0 Å². The number of ether oxygens (including phenoxy) is 1. The summed E-state index contributed by atoms with van der Waals surface area (Å²) in [7, 11) is -2.24. The van der Waals surface area contributed by atoms with Crippen LogP contribution in [0.15, 0.2) is 33.6 Å². The van der Waals surface area contributed by atoms with E-state index in [1.165, 1.54) is 13.2 Å². The number of Topliss-reactive ketones (excluding diaryl/α,β-unsaturated/α-hetero) is 1. The molecule has 4 nitrogen and oxygen atoms in total. The highest BCUT2D eigenvalue weighted by molar-refractivity contribution is 9.10. The van der Waals surface area contributed by atoms with Gasteiger partial charge in [-0.25, -0.2) is 8.42 Å². The summed E-state index contributed by atoms with van der Waals surface area (Å²) in [6.45, 7) is -0.191. The first-order valence-corrected chi connectivity index (χ1v) is 6.90. The zero-order valence-electron chi connectivity index (χ0n) is 8.64. The van der Waals surface area contributed by atoms with Gasteiger partial charge in [-0.2, -0.15) is 0 Å². The fourth-order valence-corrected chi connectivity index (χ4v) is 3.53. The Bertz CT molecular complexity index is 481. The van der Waals surface area contributed by atoms with Crippen molar-refractivity contribution >= 4 is 31.6 Å². The molecule has 0 fully saturated rings. The predicted molar refractivity (Wildman–Crippen MR) is 63.1 cm³/mol. The van der Waals surface area contributed by atoms with Crippen LogP contribution in [-0.4, -0.2) is 33.7 Å². The lowest BCUT2D eigenvalue weighted by molar-refractivity contribution is -0.120. The number of hydrogen-bond acceptors (Lipinski definition) is 4. The summed E-state index contributed by atoms with van der Waals surface area (Å²) in [5.41, 5.74) is 0. The Labute approximate surface area is 103 Å². The molecule has 1 aromatic carbocycles. The molecule has 0 unspecified atom stereocenters. The van der Waals surface area contributed by atoms with Crippen LogP contribution in [0.2, 0.25) is 0 Å². The van der Waals surface area contributed by atoms with Crippen LogP contribution in [0.25, 0.3) is 0 Å². The Morgan fingerprint density at radius 2 is 2.00 bits per heavy atom. The van der Waals surface area contributed by atoms with Gasteiger partial charge >= 0.3 is 0 Å². The molecule has 0 aliphatic carbocycles. The molecule has 0 N–H and O–H groups in total. The van der Waals surface area contributed by atoms with Gasteiger partial charge in [-0.1, -0.05) is 12.1 Å². The van der Waals surface area contributed by atoms with Crippen molar-refractivity contribution in [3.8, 4) is 0 Å². The largest absolute Gasteiger partial charge is 0.377 e. The van der Waals surface area contributed by atoms with E-state index in [-0.39, 0.29) is 11.5 Å². The molecule has 0 saturated heterocycles. The van der Waals surface area contributed by atoms with Gasteiger partial charge < -0.3 is 4.74 Å². The number of carbonyl (C=O) groups excluding carboxylic acids is 1. The summed E-state index contributed by atoms with van der Waals surface area (Å²) in [4.78, 5) is 11.3. The lowest BCUT2D eigenvalue weighted by Crippen LogP contribution is -2.20. The number of benzene rings is 1. The number of rotatable bonds is 5. The average molecular weight is 307 g/mol. The smallest absolute Gasteiger partial charge is 0.186 e. The molecule has 0 spiro atoms. The molecule has 88 valence electrons. The fourth-order valence-electron chi connectivity index (χ4n) is 1.19. The summed E-state index contributed by atoms with van der Waals surface area (Å²) in [6.07, 6.45) is 0. The van der Waals surface area contributed by atoms with Crippen molar-refractivity contribution in [3.63, 3.8) is 0 Å². The summed E-state index contributed by atoms with van der Waals surface area (Å²) in [5, 5.41) is 0. The summed E-state index contributed by atoms with van der Waals surface area (Å²) >= 11 is 3.14. The Kier molecular flexibility index (Phi) is 4.64. The summed E-state index contributed by atoms with van der Waals surface area (Å²) in [6, 6.07) is 6.39. The lowest BCUT2D eigenvalue weighted by atomic mass is 10.4. The quantitative estimate of drug-likeness (QED) is 0.826. The minimum Gasteiger partial charge on any atom is -0.377 e. The van der Waals surface area contributed by atoms with Gasteiger partial charge in [0.05, 0.1) is 4.90 Å². The van der Waals surface area contributed by atoms with Crippen molar-refractivity contribution in [3.05, 3.63) is 28.7 Å². The number of ketones is 1. The van der Waals surface area contributed by atoms with E-state index in [4.69, 9.17) is 0 Å². The first kappa shape index (κ1) is 13.3. The zero-order chi connectivity index (χ0) is 12.2. The molecule has 6 heteroatoms. The number of hydrogen-bond donors (Lipinski definition) is 0. The van der Waals surface area contributed by atoms with Crippen molar-refractivity contribution in [2.75, 3.05) is 19.5 Å². The number of halogens is 1. The second kappa shape index (κ2) is 5.56. The zero-order valence-corrected chi connectivity index (χ0v) is 11.0. The van der Waals surface area contributed by atoms with Crippen molar-refractivity contribution in [2.24, 2.45) is 0 Å². The minimum absolute atomic E-state index is 0.124.